The van der Waals surface area contributed by atoms with Crippen molar-refractivity contribution in [2.75, 3.05) is 33.2 Å². The Morgan fingerprint density at radius 3 is 2.14 bits per heavy atom. The van der Waals surface area contributed by atoms with Crippen molar-refractivity contribution in [2.45, 2.75) is 77.7 Å². The average molecular weight is 312 g/mol. The molecule has 0 aromatic rings. The van der Waals surface area contributed by atoms with Gasteiger partial charge in [0.2, 0.25) is 0 Å². The van der Waals surface area contributed by atoms with E-state index in [1.54, 1.807) is 4.90 Å². The number of carbonyl (C=O) groups is 1. The van der Waals surface area contributed by atoms with Crippen LogP contribution in [0.1, 0.15) is 72.1 Å². The Morgan fingerprint density at radius 2 is 1.55 bits per heavy atom. The number of hydrogen-bond donors (Lipinski definition) is 0. The molecule has 0 aromatic carbocycles. The Hall–Kier alpha value is -0.770. The zero-order valence-electron chi connectivity index (χ0n) is 15.2. The van der Waals surface area contributed by atoms with Crippen molar-refractivity contribution in [2.24, 2.45) is 0 Å². The number of nitrogens with zero attached hydrogens (tertiary/aromatic N) is 2. The van der Waals surface area contributed by atoms with Crippen LogP contribution >= 0.6 is 0 Å². The van der Waals surface area contributed by atoms with Gasteiger partial charge >= 0.3 is 6.09 Å². The Morgan fingerprint density at radius 1 is 1.00 bits per heavy atom. The van der Waals surface area contributed by atoms with Crippen molar-refractivity contribution in [3.63, 3.8) is 0 Å². The van der Waals surface area contributed by atoms with Gasteiger partial charge in [0.05, 0.1) is 0 Å². The molecule has 1 aliphatic heterocycles. The Balaban J connectivity index is 1.90. The maximum Gasteiger partial charge on any atom is 0.410 e. The highest BCUT2D eigenvalue weighted by Gasteiger charge is 2.18. The van der Waals surface area contributed by atoms with Crippen LogP contribution in [0.4, 0.5) is 4.79 Å². The summed E-state index contributed by atoms with van der Waals surface area (Å²) >= 11 is 0. The molecule has 0 saturated carbocycles. The third-order valence-electron chi connectivity index (χ3n) is 4.12. The molecular formula is C18H36N2O2. The van der Waals surface area contributed by atoms with E-state index in [2.05, 4.69) is 4.90 Å². The van der Waals surface area contributed by atoms with E-state index >= 15 is 0 Å². The first-order valence-corrected chi connectivity index (χ1v) is 9.05. The predicted octanol–water partition coefficient (Wildman–Crippen LogP) is 4.29. The second kappa shape index (κ2) is 10.1. The van der Waals surface area contributed by atoms with Crippen LogP contribution in [0.2, 0.25) is 0 Å². The fraction of sp³-hybridized carbons (Fsp3) is 0.944. The summed E-state index contributed by atoms with van der Waals surface area (Å²) in [6.07, 6.45) is 10.1. The lowest BCUT2D eigenvalue weighted by molar-refractivity contribution is 0.0296. The van der Waals surface area contributed by atoms with Crippen LogP contribution in [0.5, 0.6) is 0 Å². The van der Waals surface area contributed by atoms with E-state index in [1.807, 2.05) is 27.8 Å². The topological polar surface area (TPSA) is 32.8 Å². The Kier molecular flexibility index (Phi) is 8.84. The largest absolute Gasteiger partial charge is 0.444 e. The third-order valence-corrected chi connectivity index (χ3v) is 4.12. The van der Waals surface area contributed by atoms with Gasteiger partial charge in [0.25, 0.3) is 0 Å². The fourth-order valence-electron chi connectivity index (χ4n) is 2.83. The first-order chi connectivity index (χ1) is 10.4. The van der Waals surface area contributed by atoms with Crippen LogP contribution in [0.25, 0.3) is 0 Å². The van der Waals surface area contributed by atoms with Gasteiger partial charge in [-0.3, -0.25) is 0 Å². The number of rotatable bonds is 9. The second-order valence-corrected chi connectivity index (χ2v) is 7.57. The van der Waals surface area contributed by atoms with Crippen LogP contribution < -0.4 is 0 Å². The molecule has 1 saturated heterocycles. The Labute approximate surface area is 137 Å². The predicted molar refractivity (Wildman–Crippen MR) is 92.2 cm³/mol. The third kappa shape index (κ3) is 9.29. The maximum atomic E-state index is 11.8. The van der Waals surface area contributed by atoms with Gasteiger partial charge in [0, 0.05) is 13.6 Å². The monoisotopic (exact) mass is 312 g/mol. The zero-order valence-corrected chi connectivity index (χ0v) is 15.2. The summed E-state index contributed by atoms with van der Waals surface area (Å²) < 4.78 is 5.34. The summed E-state index contributed by atoms with van der Waals surface area (Å²) in [5.41, 5.74) is -0.402. The van der Waals surface area contributed by atoms with E-state index in [4.69, 9.17) is 4.74 Å². The maximum absolute atomic E-state index is 11.8. The van der Waals surface area contributed by atoms with Crippen LogP contribution in [0.15, 0.2) is 0 Å². The van der Waals surface area contributed by atoms with E-state index in [9.17, 15) is 4.79 Å². The van der Waals surface area contributed by atoms with E-state index in [-0.39, 0.29) is 6.09 Å². The number of likely N-dealkylation sites (tertiary alicyclic amines) is 1. The molecule has 0 atom stereocenters. The molecule has 1 aliphatic rings. The summed E-state index contributed by atoms with van der Waals surface area (Å²) in [5.74, 6) is 0. The molecule has 0 aliphatic carbocycles. The first-order valence-electron chi connectivity index (χ1n) is 9.05. The van der Waals surface area contributed by atoms with Gasteiger partial charge in [-0.15, -0.1) is 0 Å². The smallest absolute Gasteiger partial charge is 0.410 e. The van der Waals surface area contributed by atoms with Crippen LogP contribution in [-0.2, 0) is 4.74 Å². The number of amides is 1. The summed E-state index contributed by atoms with van der Waals surface area (Å²) in [6, 6.07) is 0. The standard InChI is InChI=1S/C18H36N2O2/c1-18(2,3)22-17(21)19(4)13-9-7-5-6-8-10-14-20-15-11-12-16-20/h5-16H2,1-4H3. The van der Waals surface area contributed by atoms with Crippen molar-refractivity contribution in [3.8, 4) is 0 Å². The van der Waals surface area contributed by atoms with Crippen molar-refractivity contribution < 1.29 is 9.53 Å². The SMILES string of the molecule is CN(CCCCCCCCN1CCCC1)C(=O)OC(C)(C)C. The van der Waals surface area contributed by atoms with Gasteiger partial charge in [-0.05, 0) is 66.1 Å². The minimum Gasteiger partial charge on any atom is -0.444 e. The van der Waals surface area contributed by atoms with Gasteiger partial charge < -0.3 is 14.5 Å². The van der Waals surface area contributed by atoms with Crippen molar-refractivity contribution in [1.29, 1.82) is 0 Å². The van der Waals surface area contributed by atoms with Crippen molar-refractivity contribution >= 4 is 6.09 Å². The molecule has 0 radical (unpaired) electrons. The second-order valence-electron chi connectivity index (χ2n) is 7.57. The minimum absolute atomic E-state index is 0.210. The van der Waals surface area contributed by atoms with Gasteiger partial charge in [0.1, 0.15) is 5.60 Å². The molecule has 0 unspecified atom stereocenters. The van der Waals surface area contributed by atoms with Gasteiger partial charge in [-0.25, -0.2) is 4.79 Å². The van der Waals surface area contributed by atoms with Crippen LogP contribution in [0.3, 0.4) is 0 Å². The van der Waals surface area contributed by atoms with E-state index in [0.29, 0.717) is 0 Å². The Bertz CT molecular complexity index is 307. The molecular weight excluding hydrogens is 276 g/mol. The van der Waals surface area contributed by atoms with Crippen LogP contribution in [0, 0.1) is 0 Å². The lowest BCUT2D eigenvalue weighted by Gasteiger charge is -2.24. The van der Waals surface area contributed by atoms with Gasteiger partial charge in [-0.2, -0.15) is 0 Å². The molecule has 0 N–H and O–H groups in total. The highest BCUT2D eigenvalue weighted by molar-refractivity contribution is 5.67. The first kappa shape index (κ1) is 19.3. The van der Waals surface area contributed by atoms with Crippen molar-refractivity contribution in [1.82, 2.24) is 9.80 Å². The van der Waals surface area contributed by atoms with Crippen LogP contribution in [-0.4, -0.2) is 54.7 Å². The summed E-state index contributed by atoms with van der Waals surface area (Å²) in [5, 5.41) is 0. The average Bonchev–Trinajstić information content (AvgIpc) is 2.92. The molecule has 1 fully saturated rings. The zero-order chi connectivity index (χ0) is 16.4. The fourth-order valence-corrected chi connectivity index (χ4v) is 2.83. The molecule has 130 valence electrons. The summed E-state index contributed by atoms with van der Waals surface area (Å²) in [4.78, 5) is 16.1. The van der Waals surface area contributed by atoms with Gasteiger partial charge in [-0.1, -0.05) is 25.7 Å². The number of ether oxygens (including phenoxy) is 1. The molecule has 22 heavy (non-hydrogen) atoms. The summed E-state index contributed by atoms with van der Waals surface area (Å²) in [7, 11) is 1.82. The van der Waals surface area contributed by atoms with E-state index in [0.717, 1.165) is 13.0 Å². The number of hydrogen-bond acceptors (Lipinski definition) is 3. The number of unbranched alkanes of at least 4 members (excludes halogenated alkanes) is 5. The van der Waals surface area contributed by atoms with E-state index < -0.39 is 5.60 Å². The lowest BCUT2D eigenvalue weighted by Crippen LogP contribution is -2.34. The molecule has 0 spiro atoms. The molecule has 1 heterocycles. The molecule has 4 nitrogen and oxygen atoms in total. The van der Waals surface area contributed by atoms with Crippen molar-refractivity contribution in [3.05, 3.63) is 0 Å². The normalized spacial score (nSPS) is 16.0. The minimum atomic E-state index is -0.402. The molecule has 1 amide bonds. The molecule has 0 aromatic heterocycles. The highest BCUT2D eigenvalue weighted by Crippen LogP contribution is 2.12. The summed E-state index contributed by atoms with van der Waals surface area (Å²) in [6.45, 7) is 10.4. The van der Waals surface area contributed by atoms with Gasteiger partial charge in [0.15, 0.2) is 0 Å². The molecule has 0 bridgehead atoms. The lowest BCUT2D eigenvalue weighted by atomic mass is 10.1. The molecule has 4 heteroatoms. The number of carbonyl (C=O) groups excluding carboxylic acids is 1. The highest BCUT2D eigenvalue weighted by atomic mass is 16.6. The quantitative estimate of drug-likeness (QED) is 0.595. The van der Waals surface area contributed by atoms with E-state index in [1.165, 1.54) is 64.6 Å². The molecule has 1 rings (SSSR count).